The molecule has 2 aromatic carbocycles. The monoisotopic (exact) mass is 438 g/mol. The first-order chi connectivity index (χ1) is 15.5. The maximum absolute atomic E-state index is 14.0. The zero-order valence-electron chi connectivity index (χ0n) is 18.7. The van der Waals surface area contributed by atoms with Crippen LogP contribution >= 0.6 is 0 Å². The van der Waals surface area contributed by atoms with Crippen molar-refractivity contribution in [2.24, 2.45) is 0 Å². The number of nitrogens with zero attached hydrogens (tertiary/aromatic N) is 4. The number of hydrogen-bond donors (Lipinski definition) is 0. The zero-order chi connectivity index (χ0) is 22.5. The van der Waals surface area contributed by atoms with Gasteiger partial charge in [0.15, 0.2) is 0 Å². The molecular weight excluding hydrogens is 407 g/mol. The molecule has 0 bridgehead atoms. The Morgan fingerprint density at radius 3 is 2.03 bits per heavy atom. The van der Waals surface area contributed by atoms with E-state index in [1.807, 2.05) is 52.0 Å². The number of carbonyl (C=O) groups is 2. The van der Waals surface area contributed by atoms with Crippen molar-refractivity contribution in [1.29, 1.82) is 0 Å². The minimum atomic E-state index is -0.220. The molecule has 4 rings (SSSR count). The molecule has 0 atom stereocenters. The Kier molecular flexibility index (Phi) is 7.05. The highest BCUT2D eigenvalue weighted by molar-refractivity contribution is 5.80. The van der Waals surface area contributed by atoms with E-state index < -0.39 is 0 Å². The molecule has 0 unspecified atom stereocenters. The molecule has 2 aliphatic rings. The smallest absolute Gasteiger partial charge is 0.236 e. The van der Waals surface area contributed by atoms with Crippen LogP contribution in [0.1, 0.15) is 11.1 Å². The summed E-state index contributed by atoms with van der Waals surface area (Å²) < 4.78 is 14.0. The molecule has 2 heterocycles. The van der Waals surface area contributed by atoms with Gasteiger partial charge in [-0.05, 0) is 24.6 Å². The minimum Gasteiger partial charge on any atom is -0.366 e. The lowest BCUT2D eigenvalue weighted by Crippen LogP contribution is -2.54. The second-order valence-corrected chi connectivity index (χ2v) is 8.64. The summed E-state index contributed by atoms with van der Waals surface area (Å²) in [6.07, 6.45) is 0.422. The molecule has 2 amide bonds. The van der Waals surface area contributed by atoms with Gasteiger partial charge in [-0.3, -0.25) is 14.5 Å². The molecule has 6 nitrogen and oxygen atoms in total. The van der Waals surface area contributed by atoms with E-state index in [0.29, 0.717) is 71.0 Å². The van der Waals surface area contributed by atoms with Crippen molar-refractivity contribution >= 4 is 17.5 Å². The lowest BCUT2D eigenvalue weighted by atomic mass is 10.1. The van der Waals surface area contributed by atoms with E-state index in [-0.39, 0.29) is 17.6 Å². The van der Waals surface area contributed by atoms with Crippen molar-refractivity contribution < 1.29 is 14.0 Å². The fraction of sp³-hybridized carbons (Fsp3) is 0.440. The lowest BCUT2D eigenvalue weighted by molar-refractivity contribution is -0.135. The number of carbonyl (C=O) groups excluding carboxylic acids is 2. The Balaban J connectivity index is 1.20. The molecule has 0 radical (unpaired) electrons. The molecule has 7 heteroatoms. The van der Waals surface area contributed by atoms with Crippen molar-refractivity contribution in [3.05, 3.63) is 65.5 Å². The van der Waals surface area contributed by atoms with Crippen LogP contribution in [0.2, 0.25) is 0 Å². The van der Waals surface area contributed by atoms with Crippen LogP contribution in [0.3, 0.4) is 0 Å². The molecule has 2 aromatic rings. The molecule has 32 heavy (non-hydrogen) atoms. The highest BCUT2D eigenvalue weighted by atomic mass is 19.1. The van der Waals surface area contributed by atoms with Gasteiger partial charge in [0.05, 0.1) is 18.7 Å². The van der Waals surface area contributed by atoms with Gasteiger partial charge in [-0.1, -0.05) is 42.0 Å². The van der Waals surface area contributed by atoms with Crippen molar-refractivity contribution in [3.63, 3.8) is 0 Å². The summed E-state index contributed by atoms with van der Waals surface area (Å²) in [6, 6.07) is 14.9. The normalized spacial score (nSPS) is 17.5. The molecule has 2 aliphatic heterocycles. The number of para-hydroxylation sites is 1. The molecule has 0 N–H and O–H groups in total. The quantitative estimate of drug-likeness (QED) is 0.718. The fourth-order valence-corrected chi connectivity index (χ4v) is 4.34. The number of aryl methyl sites for hydroxylation is 1. The zero-order valence-corrected chi connectivity index (χ0v) is 18.7. The molecule has 170 valence electrons. The van der Waals surface area contributed by atoms with E-state index in [0.717, 1.165) is 5.56 Å². The van der Waals surface area contributed by atoms with Crippen LogP contribution in [-0.4, -0.2) is 85.4 Å². The fourth-order valence-electron chi connectivity index (χ4n) is 4.34. The lowest BCUT2D eigenvalue weighted by Gasteiger charge is -2.38. The number of piperazine rings is 2. The first kappa shape index (κ1) is 22.3. The summed E-state index contributed by atoms with van der Waals surface area (Å²) in [7, 11) is 0. The van der Waals surface area contributed by atoms with E-state index in [1.165, 1.54) is 11.6 Å². The third-order valence-corrected chi connectivity index (χ3v) is 6.39. The van der Waals surface area contributed by atoms with Gasteiger partial charge in [-0.25, -0.2) is 4.39 Å². The molecule has 0 aliphatic carbocycles. The molecular formula is C25H31FN4O2. The first-order valence-electron chi connectivity index (χ1n) is 11.3. The number of amides is 2. The number of anilines is 1. The molecule has 0 spiro atoms. The highest BCUT2D eigenvalue weighted by Gasteiger charge is 2.26. The molecule has 2 fully saturated rings. The van der Waals surface area contributed by atoms with E-state index in [4.69, 9.17) is 0 Å². The van der Waals surface area contributed by atoms with Gasteiger partial charge in [0.25, 0.3) is 0 Å². The minimum absolute atomic E-state index is 0.109. The van der Waals surface area contributed by atoms with Crippen LogP contribution in [0, 0.1) is 12.7 Å². The molecule has 0 aromatic heterocycles. The summed E-state index contributed by atoms with van der Waals surface area (Å²) in [5, 5.41) is 0. The van der Waals surface area contributed by atoms with Crippen molar-refractivity contribution in [1.82, 2.24) is 14.7 Å². The maximum Gasteiger partial charge on any atom is 0.236 e. The Labute approximate surface area is 189 Å². The summed E-state index contributed by atoms with van der Waals surface area (Å²) >= 11 is 0. The SMILES string of the molecule is Cc1ccc(CC(=O)N2CCN(CC(=O)N3CCN(c4ccccc4F)CC3)CC2)cc1. The first-order valence-corrected chi connectivity index (χ1v) is 11.3. The van der Waals surface area contributed by atoms with Gasteiger partial charge in [-0.15, -0.1) is 0 Å². The van der Waals surface area contributed by atoms with Crippen LogP contribution in [0.15, 0.2) is 48.5 Å². The van der Waals surface area contributed by atoms with Crippen LogP contribution in [0.4, 0.5) is 10.1 Å². The van der Waals surface area contributed by atoms with Gasteiger partial charge in [-0.2, -0.15) is 0 Å². The van der Waals surface area contributed by atoms with Gasteiger partial charge >= 0.3 is 0 Å². The molecule has 2 saturated heterocycles. The topological polar surface area (TPSA) is 47.1 Å². The van der Waals surface area contributed by atoms with Crippen LogP contribution < -0.4 is 4.90 Å². The third-order valence-electron chi connectivity index (χ3n) is 6.39. The van der Waals surface area contributed by atoms with Crippen molar-refractivity contribution in [3.8, 4) is 0 Å². The second kappa shape index (κ2) is 10.1. The summed E-state index contributed by atoms with van der Waals surface area (Å²) in [5.41, 5.74) is 2.83. The van der Waals surface area contributed by atoms with Crippen LogP contribution in [0.25, 0.3) is 0 Å². The Bertz CT molecular complexity index is 933. The van der Waals surface area contributed by atoms with Gasteiger partial charge in [0, 0.05) is 52.4 Å². The van der Waals surface area contributed by atoms with Crippen molar-refractivity contribution in [2.75, 3.05) is 63.8 Å². The maximum atomic E-state index is 14.0. The van der Waals surface area contributed by atoms with Gasteiger partial charge in [0.2, 0.25) is 11.8 Å². The summed E-state index contributed by atoms with van der Waals surface area (Å²) in [5.74, 6) is 0.0313. The summed E-state index contributed by atoms with van der Waals surface area (Å²) in [4.78, 5) is 33.3. The average molecular weight is 439 g/mol. The van der Waals surface area contributed by atoms with E-state index >= 15 is 0 Å². The largest absolute Gasteiger partial charge is 0.366 e. The van der Waals surface area contributed by atoms with Crippen LogP contribution in [-0.2, 0) is 16.0 Å². The number of hydrogen-bond acceptors (Lipinski definition) is 4. The third kappa shape index (κ3) is 5.46. The predicted octanol–water partition coefficient (Wildman–Crippen LogP) is 2.17. The van der Waals surface area contributed by atoms with E-state index in [2.05, 4.69) is 4.90 Å². The summed E-state index contributed by atoms with van der Waals surface area (Å²) in [6.45, 7) is 7.60. The average Bonchev–Trinajstić information content (AvgIpc) is 2.81. The van der Waals surface area contributed by atoms with Crippen LogP contribution in [0.5, 0.6) is 0 Å². The second-order valence-electron chi connectivity index (χ2n) is 8.64. The van der Waals surface area contributed by atoms with E-state index in [9.17, 15) is 14.0 Å². The Hall–Kier alpha value is -2.93. The Morgan fingerprint density at radius 1 is 0.781 bits per heavy atom. The predicted molar refractivity (Wildman–Crippen MR) is 123 cm³/mol. The van der Waals surface area contributed by atoms with Gasteiger partial charge in [0.1, 0.15) is 5.82 Å². The Morgan fingerprint density at radius 2 is 1.38 bits per heavy atom. The number of halogens is 1. The van der Waals surface area contributed by atoms with Gasteiger partial charge < -0.3 is 14.7 Å². The van der Waals surface area contributed by atoms with Crippen molar-refractivity contribution in [2.45, 2.75) is 13.3 Å². The molecule has 0 saturated carbocycles. The number of rotatable bonds is 5. The highest BCUT2D eigenvalue weighted by Crippen LogP contribution is 2.20. The standard InChI is InChI=1S/C25H31FN4O2/c1-20-6-8-21(9-7-20)18-24(31)29-12-10-27(11-13-29)19-25(32)30-16-14-28(15-17-30)23-5-3-2-4-22(23)26/h2-9H,10-19H2,1H3. The number of benzene rings is 2. The van der Waals surface area contributed by atoms with E-state index in [1.54, 1.807) is 12.1 Å².